The number of esters is 1. The van der Waals surface area contributed by atoms with Crippen LogP contribution in [-0.4, -0.2) is 12.6 Å². The third kappa shape index (κ3) is 3.64. The molecule has 0 amide bonds. The maximum atomic E-state index is 11.8. The van der Waals surface area contributed by atoms with Gasteiger partial charge in [-0.05, 0) is 23.9 Å². The predicted octanol–water partition coefficient (Wildman–Crippen LogP) is 3.25. The number of hydrogen-bond acceptors (Lipinski definition) is 3. The highest BCUT2D eigenvalue weighted by Gasteiger charge is 2.27. The van der Waals surface area contributed by atoms with Crippen LogP contribution in [0.15, 0.2) is 0 Å². The van der Waals surface area contributed by atoms with Crippen molar-refractivity contribution in [2.45, 2.75) is 20.3 Å². The van der Waals surface area contributed by atoms with E-state index in [9.17, 15) is 4.79 Å². The minimum Gasteiger partial charge on any atom is -0.458 e. The van der Waals surface area contributed by atoms with E-state index in [2.05, 4.69) is 4.98 Å². The van der Waals surface area contributed by atoms with Crippen molar-refractivity contribution in [1.29, 1.82) is 0 Å². The van der Waals surface area contributed by atoms with Crippen molar-refractivity contribution in [3.8, 4) is 0 Å². The van der Waals surface area contributed by atoms with Gasteiger partial charge in [0.2, 0.25) is 0 Å². The van der Waals surface area contributed by atoms with Crippen molar-refractivity contribution in [2.24, 2.45) is 5.92 Å². The molecule has 0 aliphatic rings. The summed E-state index contributed by atoms with van der Waals surface area (Å²) in [5.74, 6) is -0.165. The molecule has 0 bridgehead atoms. The molecule has 0 saturated carbocycles. The summed E-state index contributed by atoms with van der Waals surface area (Å²) >= 11 is 17.5. The van der Waals surface area contributed by atoms with Crippen molar-refractivity contribution in [3.05, 3.63) is 20.9 Å². The van der Waals surface area contributed by atoms with E-state index in [-0.39, 0.29) is 26.6 Å². The average molecular weight is 313 g/mol. The number of aromatic amines is 1. The second kappa shape index (κ2) is 6.45. The molecule has 1 rings (SSSR count). The molecule has 0 spiro atoms. The zero-order chi connectivity index (χ0) is 13.9. The van der Waals surface area contributed by atoms with Gasteiger partial charge in [-0.15, -0.1) is 0 Å². The molecule has 0 saturated heterocycles. The fraction of sp³-hybridized carbons (Fsp3) is 0.455. The number of halogens is 3. The van der Waals surface area contributed by atoms with Gasteiger partial charge in [-0.3, -0.25) is 0 Å². The summed E-state index contributed by atoms with van der Waals surface area (Å²) in [5, 5.41) is 0.147. The summed E-state index contributed by atoms with van der Waals surface area (Å²) in [6.45, 7) is 4.37. The molecule has 0 fully saturated rings. The smallest absolute Gasteiger partial charge is 0.405 e. The van der Waals surface area contributed by atoms with E-state index in [0.717, 1.165) is 6.42 Å². The molecule has 3 N–H and O–H groups in total. The van der Waals surface area contributed by atoms with Crippen molar-refractivity contribution in [1.82, 2.24) is 0 Å². The number of carbonyl (C=O) groups is 1. The van der Waals surface area contributed by atoms with E-state index < -0.39 is 5.97 Å². The molecule has 0 radical (unpaired) electrons. The summed E-state index contributed by atoms with van der Waals surface area (Å²) in [4.78, 5) is 14.3. The number of H-pyrrole nitrogens is 1. The van der Waals surface area contributed by atoms with Crippen molar-refractivity contribution in [2.75, 3.05) is 12.3 Å². The number of rotatable bonds is 4. The standard InChI is InChI=1S/C11H13Cl3N2O2/c1-5(2)3-4-18-11(17)9-6(12)8(15)7(13)10(14)16-9/h5H,3-4H2,1-2H3,(H2,15,16)/p+1. The van der Waals surface area contributed by atoms with E-state index >= 15 is 0 Å². The monoisotopic (exact) mass is 311 g/mol. The maximum Gasteiger partial charge on any atom is 0.405 e. The molecular weight excluding hydrogens is 298 g/mol. The Kier molecular flexibility index (Phi) is 5.50. The molecule has 0 aromatic carbocycles. The lowest BCUT2D eigenvalue weighted by Gasteiger charge is -2.06. The van der Waals surface area contributed by atoms with Crippen LogP contribution in [0.25, 0.3) is 0 Å². The van der Waals surface area contributed by atoms with Crippen molar-refractivity contribution < 1.29 is 14.5 Å². The van der Waals surface area contributed by atoms with E-state index in [1.165, 1.54) is 0 Å². The Morgan fingerprint density at radius 1 is 1.33 bits per heavy atom. The van der Waals surface area contributed by atoms with Crippen LogP contribution >= 0.6 is 34.8 Å². The number of carbonyl (C=O) groups excluding carboxylic acids is 1. The Hall–Kier alpha value is -0.710. The molecule has 0 aliphatic carbocycles. The highest BCUT2D eigenvalue weighted by molar-refractivity contribution is 6.45. The molecule has 4 nitrogen and oxygen atoms in total. The van der Waals surface area contributed by atoms with E-state index in [1.54, 1.807) is 0 Å². The third-order valence-corrected chi connectivity index (χ3v) is 3.42. The predicted molar refractivity (Wildman–Crippen MR) is 72.2 cm³/mol. The minimum absolute atomic E-state index is 0.00678. The van der Waals surface area contributed by atoms with Crippen molar-refractivity contribution in [3.63, 3.8) is 0 Å². The molecule has 1 aromatic heterocycles. The zero-order valence-electron chi connectivity index (χ0n) is 10.0. The second-order valence-corrected chi connectivity index (χ2v) is 5.31. The van der Waals surface area contributed by atoms with E-state index in [1.807, 2.05) is 13.8 Å². The number of hydrogen-bond donors (Lipinski definition) is 1. The molecule has 7 heteroatoms. The van der Waals surface area contributed by atoms with Gasteiger partial charge in [0.15, 0.2) is 0 Å². The summed E-state index contributed by atoms with van der Waals surface area (Å²) < 4.78 is 5.06. The second-order valence-electron chi connectivity index (χ2n) is 4.17. The molecular formula is C11H14Cl3N2O2+. The fourth-order valence-electron chi connectivity index (χ4n) is 1.17. The first-order chi connectivity index (χ1) is 8.34. The lowest BCUT2D eigenvalue weighted by Crippen LogP contribution is -2.23. The van der Waals surface area contributed by atoms with Gasteiger partial charge in [0.1, 0.15) is 10.0 Å². The number of nitrogen functional groups attached to an aromatic ring is 1. The first-order valence-corrected chi connectivity index (χ1v) is 6.50. The molecule has 1 heterocycles. The quantitative estimate of drug-likeness (QED) is 0.685. The van der Waals surface area contributed by atoms with Crippen LogP contribution in [0.5, 0.6) is 0 Å². The van der Waals surface area contributed by atoms with E-state index in [4.69, 9.17) is 45.3 Å². The molecule has 0 unspecified atom stereocenters. The molecule has 1 aromatic rings. The first kappa shape index (κ1) is 15.3. The third-order valence-electron chi connectivity index (χ3n) is 2.25. The Labute approximate surface area is 120 Å². The van der Waals surface area contributed by atoms with Crippen LogP contribution in [0.3, 0.4) is 0 Å². The lowest BCUT2D eigenvalue weighted by molar-refractivity contribution is -0.380. The normalized spacial score (nSPS) is 10.8. The number of aromatic nitrogens is 1. The zero-order valence-corrected chi connectivity index (χ0v) is 12.3. The van der Waals surface area contributed by atoms with Gasteiger partial charge in [0.05, 0.1) is 12.3 Å². The summed E-state index contributed by atoms with van der Waals surface area (Å²) in [5.41, 5.74) is 5.68. The molecule has 0 atom stereocenters. The Bertz CT molecular complexity index is 464. The largest absolute Gasteiger partial charge is 0.458 e. The van der Waals surface area contributed by atoms with Gasteiger partial charge in [-0.1, -0.05) is 37.0 Å². The van der Waals surface area contributed by atoms with Crippen LogP contribution in [0.4, 0.5) is 5.69 Å². The molecule has 18 heavy (non-hydrogen) atoms. The van der Waals surface area contributed by atoms with Crippen LogP contribution in [0.2, 0.25) is 15.2 Å². The highest BCUT2D eigenvalue weighted by atomic mass is 35.5. The Morgan fingerprint density at radius 3 is 2.50 bits per heavy atom. The number of nitrogens with one attached hydrogen (secondary N) is 1. The maximum absolute atomic E-state index is 11.8. The first-order valence-electron chi connectivity index (χ1n) is 5.37. The van der Waals surface area contributed by atoms with Gasteiger partial charge in [-0.2, -0.15) is 4.98 Å². The van der Waals surface area contributed by atoms with Gasteiger partial charge in [0, 0.05) is 0 Å². The van der Waals surface area contributed by atoms with Gasteiger partial charge < -0.3 is 10.5 Å². The number of nitrogens with two attached hydrogens (primary N) is 1. The number of ether oxygens (including phenoxy) is 1. The number of pyridine rings is 1. The topological polar surface area (TPSA) is 66.5 Å². The SMILES string of the molecule is CC(C)CCOC(=O)c1[nH+]c(Cl)c(Cl)c(N)c1Cl. The van der Waals surface area contributed by atoms with Crippen LogP contribution in [0.1, 0.15) is 30.8 Å². The fourth-order valence-corrected chi connectivity index (χ4v) is 1.77. The lowest BCUT2D eigenvalue weighted by atomic mass is 10.1. The van der Waals surface area contributed by atoms with Gasteiger partial charge >= 0.3 is 11.7 Å². The van der Waals surface area contributed by atoms with Gasteiger partial charge in [-0.25, -0.2) is 4.79 Å². The van der Waals surface area contributed by atoms with Crippen LogP contribution in [-0.2, 0) is 4.74 Å². The Morgan fingerprint density at radius 2 is 1.94 bits per heavy atom. The van der Waals surface area contributed by atoms with E-state index in [0.29, 0.717) is 12.5 Å². The van der Waals surface area contributed by atoms with Crippen LogP contribution < -0.4 is 10.7 Å². The van der Waals surface area contributed by atoms with Crippen LogP contribution in [0, 0.1) is 5.92 Å². The summed E-state index contributed by atoms with van der Waals surface area (Å²) in [6.07, 6.45) is 0.764. The Balaban J connectivity index is 2.87. The molecule has 100 valence electrons. The molecule has 0 aliphatic heterocycles. The highest BCUT2D eigenvalue weighted by Crippen LogP contribution is 2.32. The summed E-state index contributed by atoms with van der Waals surface area (Å²) in [6, 6.07) is 0. The minimum atomic E-state index is -0.606. The van der Waals surface area contributed by atoms with Crippen molar-refractivity contribution >= 4 is 46.5 Å². The summed E-state index contributed by atoms with van der Waals surface area (Å²) in [7, 11) is 0. The van der Waals surface area contributed by atoms with Gasteiger partial charge in [0.25, 0.3) is 5.15 Å². The number of anilines is 1. The average Bonchev–Trinajstić information content (AvgIpc) is 2.30.